The van der Waals surface area contributed by atoms with Crippen LogP contribution in [-0.2, 0) is 14.8 Å². The van der Waals surface area contributed by atoms with Crippen molar-refractivity contribution in [2.45, 2.75) is 23.8 Å². The van der Waals surface area contributed by atoms with E-state index < -0.39 is 10.0 Å². The number of methoxy groups -OCH3 is 1. The molecular formula is C11H16N2O3S. The number of hydrogen-bond acceptors (Lipinski definition) is 4. The third-order valence-corrected chi connectivity index (χ3v) is 4.86. The minimum Gasteiger partial charge on any atom is -0.383 e. The molecule has 0 bridgehead atoms. The summed E-state index contributed by atoms with van der Waals surface area (Å²) in [6.07, 6.45) is 4.69. The van der Waals surface area contributed by atoms with Gasteiger partial charge >= 0.3 is 0 Å². The van der Waals surface area contributed by atoms with Crippen molar-refractivity contribution in [3.63, 3.8) is 0 Å². The number of aromatic nitrogens is 1. The topological polar surface area (TPSA) is 59.5 Å². The summed E-state index contributed by atoms with van der Waals surface area (Å²) in [6, 6.07) is 3.16. The minimum atomic E-state index is -3.42. The second-order valence-electron chi connectivity index (χ2n) is 4.06. The zero-order valence-electron chi connectivity index (χ0n) is 9.74. The molecule has 1 unspecified atom stereocenters. The first-order valence-corrected chi connectivity index (χ1v) is 7.01. The van der Waals surface area contributed by atoms with Gasteiger partial charge in [0.15, 0.2) is 0 Å². The van der Waals surface area contributed by atoms with Crippen molar-refractivity contribution in [2.75, 3.05) is 20.3 Å². The van der Waals surface area contributed by atoms with Crippen LogP contribution in [0.3, 0.4) is 0 Å². The third-order valence-electron chi connectivity index (χ3n) is 2.92. The van der Waals surface area contributed by atoms with Crippen LogP contribution >= 0.6 is 0 Å². The molecule has 2 rings (SSSR count). The highest BCUT2D eigenvalue weighted by molar-refractivity contribution is 7.89. The number of sulfonamides is 1. The van der Waals surface area contributed by atoms with Gasteiger partial charge < -0.3 is 4.74 Å². The molecule has 1 aliphatic rings. The molecule has 1 aromatic heterocycles. The van der Waals surface area contributed by atoms with E-state index >= 15 is 0 Å². The van der Waals surface area contributed by atoms with E-state index in [-0.39, 0.29) is 10.9 Å². The van der Waals surface area contributed by atoms with Crippen molar-refractivity contribution < 1.29 is 13.2 Å². The molecule has 1 aromatic rings. The van der Waals surface area contributed by atoms with Gasteiger partial charge in [0.1, 0.15) is 4.90 Å². The Kier molecular flexibility index (Phi) is 3.76. The van der Waals surface area contributed by atoms with E-state index in [0.29, 0.717) is 13.2 Å². The van der Waals surface area contributed by atoms with Crippen LogP contribution in [0.4, 0.5) is 0 Å². The van der Waals surface area contributed by atoms with Crippen LogP contribution in [0.5, 0.6) is 0 Å². The predicted molar refractivity (Wildman–Crippen MR) is 63.0 cm³/mol. The van der Waals surface area contributed by atoms with Gasteiger partial charge in [-0.1, -0.05) is 0 Å². The summed E-state index contributed by atoms with van der Waals surface area (Å²) in [6.45, 7) is 1.00. The van der Waals surface area contributed by atoms with Crippen LogP contribution in [0.1, 0.15) is 12.8 Å². The molecule has 17 heavy (non-hydrogen) atoms. The highest BCUT2D eigenvalue weighted by atomic mass is 32.2. The van der Waals surface area contributed by atoms with Gasteiger partial charge in [0.05, 0.1) is 6.61 Å². The maximum absolute atomic E-state index is 12.4. The fourth-order valence-corrected chi connectivity index (χ4v) is 3.76. The van der Waals surface area contributed by atoms with Crippen LogP contribution in [0, 0.1) is 0 Å². The lowest BCUT2D eigenvalue weighted by Gasteiger charge is -2.23. The molecular weight excluding hydrogens is 240 g/mol. The molecule has 6 heteroatoms. The Morgan fingerprint density at radius 1 is 1.59 bits per heavy atom. The lowest BCUT2D eigenvalue weighted by molar-refractivity contribution is 0.149. The summed E-state index contributed by atoms with van der Waals surface area (Å²) in [5.41, 5.74) is 0. The van der Waals surface area contributed by atoms with E-state index in [4.69, 9.17) is 4.74 Å². The largest absolute Gasteiger partial charge is 0.383 e. The molecule has 94 valence electrons. The first-order valence-electron chi connectivity index (χ1n) is 5.57. The van der Waals surface area contributed by atoms with Gasteiger partial charge in [0.2, 0.25) is 10.0 Å². The molecule has 0 saturated carbocycles. The van der Waals surface area contributed by atoms with Crippen LogP contribution < -0.4 is 0 Å². The maximum Gasteiger partial charge on any atom is 0.244 e. The van der Waals surface area contributed by atoms with Gasteiger partial charge in [0, 0.05) is 32.1 Å². The van der Waals surface area contributed by atoms with Crippen molar-refractivity contribution >= 4 is 10.0 Å². The van der Waals surface area contributed by atoms with E-state index in [1.807, 2.05) is 0 Å². The number of pyridine rings is 1. The molecule has 0 N–H and O–H groups in total. The van der Waals surface area contributed by atoms with Gasteiger partial charge in [-0.15, -0.1) is 0 Å². The van der Waals surface area contributed by atoms with Gasteiger partial charge in [-0.25, -0.2) is 8.42 Å². The maximum atomic E-state index is 12.4. The molecule has 0 aromatic carbocycles. The van der Waals surface area contributed by atoms with Gasteiger partial charge in [-0.2, -0.15) is 4.31 Å². The van der Waals surface area contributed by atoms with E-state index in [1.165, 1.54) is 10.5 Å². The smallest absolute Gasteiger partial charge is 0.244 e. The predicted octanol–water partition coefficient (Wildman–Crippen LogP) is 0.881. The standard InChI is InChI=1S/C11H16N2O3S/c1-16-9-10-4-3-7-13(10)17(14,15)11-5-2-6-12-8-11/h2,5-6,8,10H,3-4,7,9H2,1H3. The fourth-order valence-electron chi connectivity index (χ4n) is 2.12. The van der Waals surface area contributed by atoms with Crippen LogP contribution in [-0.4, -0.2) is 44.0 Å². The lowest BCUT2D eigenvalue weighted by atomic mass is 10.2. The Balaban J connectivity index is 2.27. The lowest BCUT2D eigenvalue weighted by Crippen LogP contribution is -2.38. The van der Waals surface area contributed by atoms with Crippen molar-refractivity contribution in [3.8, 4) is 0 Å². The molecule has 1 saturated heterocycles. The first kappa shape index (κ1) is 12.5. The van der Waals surface area contributed by atoms with Crippen molar-refractivity contribution in [3.05, 3.63) is 24.5 Å². The molecule has 0 amide bonds. The van der Waals surface area contributed by atoms with Crippen LogP contribution in [0.2, 0.25) is 0 Å². The summed E-state index contributed by atoms with van der Waals surface area (Å²) in [4.78, 5) is 4.11. The van der Waals surface area contributed by atoms with Crippen molar-refractivity contribution in [1.29, 1.82) is 0 Å². The number of nitrogens with zero attached hydrogens (tertiary/aromatic N) is 2. The molecule has 2 heterocycles. The number of rotatable bonds is 4. The van der Waals surface area contributed by atoms with Crippen molar-refractivity contribution in [2.24, 2.45) is 0 Å². The zero-order valence-corrected chi connectivity index (χ0v) is 10.6. The summed E-state index contributed by atoms with van der Waals surface area (Å²) in [5, 5.41) is 0. The summed E-state index contributed by atoms with van der Waals surface area (Å²) < 4.78 is 31.3. The van der Waals surface area contributed by atoms with E-state index in [2.05, 4.69) is 4.98 Å². The Hall–Kier alpha value is -0.980. The highest BCUT2D eigenvalue weighted by Crippen LogP contribution is 2.25. The molecule has 1 fully saturated rings. The zero-order chi connectivity index (χ0) is 12.3. The molecule has 0 radical (unpaired) electrons. The van der Waals surface area contributed by atoms with Crippen LogP contribution in [0.15, 0.2) is 29.4 Å². The number of ether oxygens (including phenoxy) is 1. The number of hydrogen-bond donors (Lipinski definition) is 0. The van der Waals surface area contributed by atoms with E-state index in [9.17, 15) is 8.42 Å². The second kappa shape index (κ2) is 5.12. The minimum absolute atomic E-state index is 0.0507. The Labute approximate surface area is 101 Å². The Bertz CT molecular complexity index is 461. The average molecular weight is 256 g/mol. The molecule has 5 nitrogen and oxygen atoms in total. The van der Waals surface area contributed by atoms with Gasteiger partial charge in [0.25, 0.3) is 0 Å². The Morgan fingerprint density at radius 3 is 3.06 bits per heavy atom. The molecule has 0 spiro atoms. The first-order chi connectivity index (χ1) is 8.16. The van der Waals surface area contributed by atoms with Crippen molar-refractivity contribution in [1.82, 2.24) is 9.29 Å². The van der Waals surface area contributed by atoms with Gasteiger partial charge in [-0.3, -0.25) is 4.98 Å². The molecule has 1 atom stereocenters. The second-order valence-corrected chi connectivity index (χ2v) is 5.95. The fraction of sp³-hybridized carbons (Fsp3) is 0.545. The third kappa shape index (κ3) is 2.48. The SMILES string of the molecule is COCC1CCCN1S(=O)(=O)c1cccnc1. The van der Waals surface area contributed by atoms with Crippen LogP contribution in [0.25, 0.3) is 0 Å². The van der Waals surface area contributed by atoms with Gasteiger partial charge in [-0.05, 0) is 25.0 Å². The summed E-state index contributed by atoms with van der Waals surface area (Å²) in [7, 11) is -1.83. The molecule has 1 aliphatic heterocycles. The monoisotopic (exact) mass is 256 g/mol. The van der Waals surface area contributed by atoms with E-state index in [0.717, 1.165) is 12.8 Å². The van der Waals surface area contributed by atoms with E-state index in [1.54, 1.807) is 25.4 Å². The summed E-state index contributed by atoms with van der Waals surface area (Å²) in [5.74, 6) is 0. The highest BCUT2D eigenvalue weighted by Gasteiger charge is 2.35. The quantitative estimate of drug-likeness (QED) is 0.802. The summed E-state index contributed by atoms with van der Waals surface area (Å²) >= 11 is 0. The average Bonchev–Trinajstić information content (AvgIpc) is 2.80. The normalized spacial score (nSPS) is 21.8. The Morgan fingerprint density at radius 2 is 2.41 bits per heavy atom. The molecule has 0 aliphatic carbocycles.